The summed E-state index contributed by atoms with van der Waals surface area (Å²) in [5.41, 5.74) is 0.903. The highest BCUT2D eigenvalue weighted by atomic mass is 35.5. The Kier molecular flexibility index (Phi) is 5.81. The van der Waals surface area contributed by atoms with Crippen molar-refractivity contribution in [1.82, 2.24) is 15.0 Å². The Bertz CT molecular complexity index is 1030. The molecule has 0 fully saturated rings. The molecule has 142 valence electrons. The molecule has 0 unspecified atom stereocenters. The van der Waals surface area contributed by atoms with Crippen molar-refractivity contribution in [3.05, 3.63) is 70.9 Å². The molecule has 0 radical (unpaired) electrons. The second-order valence-corrected chi connectivity index (χ2v) is 6.13. The number of halogens is 1. The number of Topliss-reactive ketones (excluding diaryl/α,β-unsaturated/α-hetero) is 1. The molecule has 3 aromatic rings. The van der Waals surface area contributed by atoms with E-state index in [1.807, 2.05) is 0 Å². The molecule has 0 aliphatic heterocycles. The van der Waals surface area contributed by atoms with Gasteiger partial charge < -0.3 is 15.6 Å². The van der Waals surface area contributed by atoms with Crippen molar-refractivity contribution in [2.24, 2.45) is 0 Å². The van der Waals surface area contributed by atoms with Crippen LogP contribution in [0.15, 0.2) is 48.9 Å². The van der Waals surface area contributed by atoms with Gasteiger partial charge in [0.1, 0.15) is 17.2 Å². The van der Waals surface area contributed by atoms with E-state index in [1.54, 1.807) is 37.3 Å². The largest absolute Gasteiger partial charge is 0.340 e. The molecule has 2 heterocycles. The molecular weight excluding hydrogens is 382 g/mol. The van der Waals surface area contributed by atoms with E-state index in [-0.39, 0.29) is 23.6 Å². The van der Waals surface area contributed by atoms with E-state index >= 15 is 0 Å². The Morgan fingerprint density at radius 1 is 1.04 bits per heavy atom. The minimum atomic E-state index is -0.510. The number of hydrogen-bond acceptors (Lipinski definition) is 5. The first-order valence-corrected chi connectivity index (χ1v) is 8.77. The molecule has 0 aliphatic carbocycles. The summed E-state index contributed by atoms with van der Waals surface area (Å²) >= 11 is 6.00. The van der Waals surface area contributed by atoms with Gasteiger partial charge in [-0.05, 0) is 24.3 Å². The monoisotopic (exact) mass is 397 g/mol. The van der Waals surface area contributed by atoms with Gasteiger partial charge in [-0.1, -0.05) is 30.7 Å². The van der Waals surface area contributed by atoms with Crippen LogP contribution in [0.5, 0.6) is 0 Å². The van der Waals surface area contributed by atoms with Gasteiger partial charge in [-0.25, -0.2) is 9.97 Å². The molecule has 28 heavy (non-hydrogen) atoms. The summed E-state index contributed by atoms with van der Waals surface area (Å²) in [5, 5.41) is 5.59. The highest BCUT2D eigenvalue weighted by Gasteiger charge is 2.19. The average molecular weight is 398 g/mol. The van der Waals surface area contributed by atoms with Gasteiger partial charge >= 0.3 is 0 Å². The van der Waals surface area contributed by atoms with Crippen LogP contribution in [0.1, 0.15) is 44.7 Å². The molecule has 3 rings (SSSR count). The van der Waals surface area contributed by atoms with Crippen LogP contribution in [-0.4, -0.2) is 32.5 Å². The molecule has 9 heteroatoms. The minimum Gasteiger partial charge on any atom is -0.340 e. The molecular formula is C19H16ClN5O3. The average Bonchev–Trinajstić information content (AvgIpc) is 3.19. The Hall–Kier alpha value is -3.52. The smallest absolute Gasteiger partial charge is 0.274 e. The van der Waals surface area contributed by atoms with Gasteiger partial charge in [0.25, 0.3) is 11.8 Å². The molecule has 0 aliphatic rings. The fourth-order valence-corrected chi connectivity index (χ4v) is 2.63. The maximum Gasteiger partial charge on any atom is 0.274 e. The Morgan fingerprint density at radius 3 is 2.50 bits per heavy atom. The quantitative estimate of drug-likeness (QED) is 0.550. The summed E-state index contributed by atoms with van der Waals surface area (Å²) in [4.78, 5) is 47.1. The van der Waals surface area contributed by atoms with Gasteiger partial charge in [0.15, 0.2) is 5.78 Å². The first-order chi connectivity index (χ1) is 13.5. The summed E-state index contributed by atoms with van der Waals surface area (Å²) in [7, 11) is 0. The van der Waals surface area contributed by atoms with E-state index in [9.17, 15) is 14.4 Å². The molecule has 1 aromatic carbocycles. The number of rotatable bonds is 6. The van der Waals surface area contributed by atoms with Crippen molar-refractivity contribution in [2.75, 3.05) is 10.6 Å². The van der Waals surface area contributed by atoms with E-state index in [2.05, 4.69) is 25.6 Å². The lowest BCUT2D eigenvalue weighted by atomic mass is 10.2. The number of imidazole rings is 1. The number of aromatic amines is 1. The van der Waals surface area contributed by atoms with Crippen molar-refractivity contribution in [1.29, 1.82) is 0 Å². The number of anilines is 2. The number of pyridine rings is 1. The van der Waals surface area contributed by atoms with E-state index < -0.39 is 11.8 Å². The third-order valence-corrected chi connectivity index (χ3v) is 4.16. The molecule has 2 aromatic heterocycles. The maximum atomic E-state index is 12.4. The minimum absolute atomic E-state index is 0.0861. The van der Waals surface area contributed by atoms with Crippen molar-refractivity contribution in [2.45, 2.75) is 13.3 Å². The summed E-state index contributed by atoms with van der Waals surface area (Å²) < 4.78 is 0. The number of carbonyl (C=O) groups excluding carboxylic acids is 3. The number of aromatic nitrogens is 3. The van der Waals surface area contributed by atoms with Crippen molar-refractivity contribution in [3.8, 4) is 0 Å². The van der Waals surface area contributed by atoms with E-state index in [0.717, 1.165) is 0 Å². The lowest BCUT2D eigenvalue weighted by molar-refractivity contribution is 0.0963. The lowest BCUT2D eigenvalue weighted by Gasteiger charge is -2.08. The van der Waals surface area contributed by atoms with Gasteiger partial charge in [-0.3, -0.25) is 14.4 Å². The summed E-state index contributed by atoms with van der Waals surface area (Å²) in [6.07, 6.45) is 2.92. The van der Waals surface area contributed by atoms with Crippen molar-refractivity contribution in [3.63, 3.8) is 0 Å². The highest BCUT2D eigenvalue weighted by molar-refractivity contribution is 6.34. The number of nitrogens with zero attached hydrogens (tertiary/aromatic N) is 2. The molecule has 0 saturated heterocycles. The number of hydrogen-bond donors (Lipinski definition) is 3. The summed E-state index contributed by atoms with van der Waals surface area (Å²) in [6, 6.07) is 9.77. The van der Waals surface area contributed by atoms with Crippen molar-refractivity contribution < 1.29 is 14.4 Å². The van der Waals surface area contributed by atoms with Gasteiger partial charge in [0, 0.05) is 6.42 Å². The second-order valence-electron chi connectivity index (χ2n) is 5.72. The highest BCUT2D eigenvalue weighted by Crippen LogP contribution is 2.17. The Labute approximate surface area is 165 Å². The third kappa shape index (κ3) is 4.24. The van der Waals surface area contributed by atoms with E-state index in [4.69, 9.17) is 11.6 Å². The van der Waals surface area contributed by atoms with Gasteiger partial charge in [0.05, 0.1) is 28.8 Å². The SMILES string of the molecule is CCC(=O)c1nc[nH]c1C(=O)Nc1ccc(NC(=O)c2ccccc2Cl)nc1. The van der Waals surface area contributed by atoms with Crippen LogP contribution < -0.4 is 10.6 Å². The van der Waals surface area contributed by atoms with Gasteiger partial charge in [-0.2, -0.15) is 0 Å². The van der Waals surface area contributed by atoms with Crippen LogP contribution in [0, 0.1) is 0 Å². The van der Waals surface area contributed by atoms with E-state index in [0.29, 0.717) is 22.1 Å². The molecule has 0 bridgehead atoms. The predicted octanol–water partition coefficient (Wildman–Crippen LogP) is 3.56. The second kappa shape index (κ2) is 8.45. The van der Waals surface area contributed by atoms with Crippen LogP contribution in [0.4, 0.5) is 11.5 Å². The maximum absolute atomic E-state index is 12.4. The van der Waals surface area contributed by atoms with Crippen LogP contribution in [-0.2, 0) is 0 Å². The van der Waals surface area contributed by atoms with Crippen molar-refractivity contribution >= 4 is 40.7 Å². The zero-order valence-electron chi connectivity index (χ0n) is 14.8. The zero-order valence-corrected chi connectivity index (χ0v) is 15.6. The normalized spacial score (nSPS) is 10.4. The molecule has 2 amide bonds. The van der Waals surface area contributed by atoms with Gasteiger partial charge in [0.2, 0.25) is 0 Å². The third-order valence-electron chi connectivity index (χ3n) is 3.83. The summed E-state index contributed by atoms with van der Waals surface area (Å²) in [5.74, 6) is -0.840. The zero-order chi connectivity index (χ0) is 20.1. The molecule has 0 saturated carbocycles. The fourth-order valence-electron chi connectivity index (χ4n) is 2.41. The lowest BCUT2D eigenvalue weighted by Crippen LogP contribution is -2.17. The molecule has 0 atom stereocenters. The van der Waals surface area contributed by atoms with Crippen LogP contribution >= 0.6 is 11.6 Å². The van der Waals surface area contributed by atoms with Crippen LogP contribution in [0.2, 0.25) is 5.02 Å². The number of H-pyrrole nitrogens is 1. The van der Waals surface area contributed by atoms with E-state index in [1.165, 1.54) is 18.6 Å². The standard InChI is InChI=1S/C19H16ClN5O3/c1-2-14(26)16-17(23-10-22-16)19(28)24-11-7-8-15(21-9-11)25-18(27)12-5-3-4-6-13(12)20/h3-10H,2H2,1H3,(H,22,23)(H,24,28)(H,21,25,27). The number of nitrogens with one attached hydrogen (secondary N) is 3. The molecule has 3 N–H and O–H groups in total. The number of amides is 2. The topological polar surface area (TPSA) is 117 Å². The predicted molar refractivity (Wildman–Crippen MR) is 105 cm³/mol. The molecule has 8 nitrogen and oxygen atoms in total. The summed E-state index contributed by atoms with van der Waals surface area (Å²) in [6.45, 7) is 1.69. The van der Waals surface area contributed by atoms with Crippen LogP contribution in [0.25, 0.3) is 0 Å². The Balaban J connectivity index is 1.67. The Morgan fingerprint density at radius 2 is 1.82 bits per heavy atom. The first-order valence-electron chi connectivity index (χ1n) is 8.39. The van der Waals surface area contributed by atoms with Gasteiger partial charge in [-0.15, -0.1) is 0 Å². The fraction of sp³-hybridized carbons (Fsp3) is 0.105. The van der Waals surface area contributed by atoms with Crippen LogP contribution in [0.3, 0.4) is 0 Å². The first kappa shape index (κ1) is 19.2. The number of benzene rings is 1. The number of ketones is 1. The number of carbonyl (C=O) groups is 3. The molecule has 0 spiro atoms.